The standard InChI is InChI=1S/C12H19NO3/c1-5-8-13(4)10(14)9-12(6-2,7-3)11(15)16/h1H,6-9H2,2-4H3,(H,15,16). The van der Waals surface area contributed by atoms with Gasteiger partial charge in [0.25, 0.3) is 0 Å². The Morgan fingerprint density at radius 2 is 1.88 bits per heavy atom. The molecule has 0 rings (SSSR count). The van der Waals surface area contributed by atoms with Crippen LogP contribution in [0.3, 0.4) is 0 Å². The molecule has 1 amide bonds. The maximum Gasteiger partial charge on any atom is 0.310 e. The van der Waals surface area contributed by atoms with Gasteiger partial charge >= 0.3 is 5.97 Å². The van der Waals surface area contributed by atoms with Gasteiger partial charge in [-0.15, -0.1) is 6.42 Å². The minimum atomic E-state index is -0.958. The Kier molecular flexibility index (Phi) is 5.59. The third-order valence-electron chi connectivity index (χ3n) is 3.05. The third-order valence-corrected chi connectivity index (χ3v) is 3.05. The highest BCUT2D eigenvalue weighted by Gasteiger charge is 2.37. The third kappa shape index (κ3) is 3.27. The second kappa shape index (κ2) is 6.16. The number of carboxylic acids is 1. The van der Waals surface area contributed by atoms with Crippen molar-refractivity contribution < 1.29 is 14.7 Å². The highest BCUT2D eigenvalue weighted by molar-refractivity contribution is 5.85. The first kappa shape index (κ1) is 14.5. The fourth-order valence-corrected chi connectivity index (χ4v) is 1.53. The molecule has 0 fully saturated rings. The molecule has 0 heterocycles. The lowest BCUT2D eigenvalue weighted by Gasteiger charge is -2.27. The molecule has 16 heavy (non-hydrogen) atoms. The Labute approximate surface area is 96.6 Å². The van der Waals surface area contributed by atoms with Gasteiger partial charge in [-0.05, 0) is 12.8 Å². The SMILES string of the molecule is C#CCN(C)C(=O)CC(CC)(CC)C(=O)O. The molecule has 0 unspecified atom stereocenters. The van der Waals surface area contributed by atoms with Crippen LogP contribution >= 0.6 is 0 Å². The molecule has 0 aliphatic rings. The monoisotopic (exact) mass is 225 g/mol. The van der Waals surface area contributed by atoms with E-state index in [0.29, 0.717) is 12.8 Å². The van der Waals surface area contributed by atoms with Crippen molar-refractivity contribution >= 4 is 11.9 Å². The van der Waals surface area contributed by atoms with Gasteiger partial charge in [-0.3, -0.25) is 9.59 Å². The zero-order valence-electron chi connectivity index (χ0n) is 10.1. The van der Waals surface area contributed by atoms with E-state index in [2.05, 4.69) is 5.92 Å². The number of rotatable bonds is 6. The van der Waals surface area contributed by atoms with Gasteiger partial charge in [0.05, 0.1) is 12.0 Å². The Balaban J connectivity index is 4.72. The zero-order chi connectivity index (χ0) is 12.8. The molecule has 0 saturated heterocycles. The van der Waals surface area contributed by atoms with Crippen LogP contribution in [-0.2, 0) is 9.59 Å². The molecule has 0 aliphatic carbocycles. The Hall–Kier alpha value is -1.50. The van der Waals surface area contributed by atoms with E-state index in [4.69, 9.17) is 6.42 Å². The smallest absolute Gasteiger partial charge is 0.310 e. The quantitative estimate of drug-likeness (QED) is 0.694. The van der Waals surface area contributed by atoms with E-state index in [1.54, 1.807) is 20.9 Å². The van der Waals surface area contributed by atoms with Crippen molar-refractivity contribution in [2.45, 2.75) is 33.1 Å². The summed E-state index contributed by atoms with van der Waals surface area (Å²) in [6, 6.07) is 0. The first-order valence-corrected chi connectivity index (χ1v) is 5.34. The van der Waals surface area contributed by atoms with Crippen molar-refractivity contribution in [3.8, 4) is 12.3 Å². The molecule has 0 atom stereocenters. The number of carbonyl (C=O) groups is 2. The van der Waals surface area contributed by atoms with Crippen LogP contribution in [0.2, 0.25) is 0 Å². The minimum absolute atomic E-state index is 0.00745. The van der Waals surface area contributed by atoms with Gasteiger partial charge in [0.15, 0.2) is 0 Å². The number of nitrogens with zero attached hydrogens (tertiary/aromatic N) is 1. The van der Waals surface area contributed by atoms with E-state index >= 15 is 0 Å². The Morgan fingerprint density at radius 1 is 1.38 bits per heavy atom. The lowest BCUT2D eigenvalue weighted by atomic mass is 9.79. The van der Waals surface area contributed by atoms with E-state index in [9.17, 15) is 14.7 Å². The number of terminal acetylenes is 1. The number of aliphatic carboxylic acids is 1. The summed E-state index contributed by atoms with van der Waals surface area (Å²) in [6.07, 6.45) is 5.98. The van der Waals surface area contributed by atoms with E-state index in [-0.39, 0.29) is 18.9 Å². The van der Waals surface area contributed by atoms with Gasteiger partial charge in [-0.1, -0.05) is 19.8 Å². The second-order valence-electron chi connectivity index (χ2n) is 3.92. The highest BCUT2D eigenvalue weighted by Crippen LogP contribution is 2.31. The number of amides is 1. The van der Waals surface area contributed by atoms with Crippen molar-refractivity contribution in [2.75, 3.05) is 13.6 Å². The topological polar surface area (TPSA) is 57.6 Å². The van der Waals surface area contributed by atoms with Crippen LogP contribution < -0.4 is 0 Å². The van der Waals surface area contributed by atoms with Crippen LogP contribution in [0.1, 0.15) is 33.1 Å². The molecule has 0 radical (unpaired) electrons. The van der Waals surface area contributed by atoms with Gasteiger partial charge in [-0.25, -0.2) is 0 Å². The largest absolute Gasteiger partial charge is 0.481 e. The predicted octanol–water partition coefficient (Wildman–Crippen LogP) is 1.36. The summed E-state index contributed by atoms with van der Waals surface area (Å²) in [5, 5.41) is 9.17. The average Bonchev–Trinajstić information content (AvgIpc) is 2.25. The molecule has 0 aromatic rings. The van der Waals surface area contributed by atoms with Gasteiger partial charge < -0.3 is 10.0 Å². The first-order valence-electron chi connectivity index (χ1n) is 5.34. The maximum atomic E-state index is 11.7. The molecule has 0 aliphatic heterocycles. The molecule has 4 nitrogen and oxygen atoms in total. The maximum absolute atomic E-state index is 11.7. The first-order chi connectivity index (χ1) is 7.43. The molecule has 0 aromatic carbocycles. The van der Waals surface area contributed by atoms with Crippen LogP contribution in [0.15, 0.2) is 0 Å². The normalized spacial score (nSPS) is 10.6. The summed E-state index contributed by atoms with van der Waals surface area (Å²) in [7, 11) is 1.58. The summed E-state index contributed by atoms with van der Waals surface area (Å²) >= 11 is 0. The lowest BCUT2D eigenvalue weighted by Crippen LogP contribution is -2.37. The van der Waals surface area contributed by atoms with Crippen LogP contribution in [0.4, 0.5) is 0 Å². The van der Waals surface area contributed by atoms with E-state index in [0.717, 1.165) is 0 Å². The summed E-state index contributed by atoms with van der Waals surface area (Å²) < 4.78 is 0. The van der Waals surface area contributed by atoms with E-state index in [1.165, 1.54) is 4.90 Å². The van der Waals surface area contributed by atoms with Crippen molar-refractivity contribution in [1.82, 2.24) is 4.90 Å². The number of carboxylic acid groups (broad SMARTS) is 1. The zero-order valence-corrected chi connectivity index (χ0v) is 10.1. The Morgan fingerprint density at radius 3 is 2.19 bits per heavy atom. The van der Waals surface area contributed by atoms with Gasteiger partial charge in [0, 0.05) is 13.5 Å². The van der Waals surface area contributed by atoms with Crippen LogP contribution in [-0.4, -0.2) is 35.5 Å². The molecule has 0 spiro atoms. The van der Waals surface area contributed by atoms with Crippen LogP contribution in [0, 0.1) is 17.8 Å². The van der Waals surface area contributed by atoms with Crippen molar-refractivity contribution in [1.29, 1.82) is 0 Å². The molecule has 0 aromatic heterocycles. The van der Waals surface area contributed by atoms with Gasteiger partial charge in [-0.2, -0.15) is 0 Å². The predicted molar refractivity (Wildman–Crippen MR) is 61.7 cm³/mol. The number of hydrogen-bond donors (Lipinski definition) is 1. The van der Waals surface area contributed by atoms with E-state index in [1.807, 2.05) is 0 Å². The van der Waals surface area contributed by atoms with Crippen molar-refractivity contribution in [3.63, 3.8) is 0 Å². The second-order valence-corrected chi connectivity index (χ2v) is 3.92. The average molecular weight is 225 g/mol. The fraction of sp³-hybridized carbons (Fsp3) is 0.667. The van der Waals surface area contributed by atoms with Crippen molar-refractivity contribution in [2.24, 2.45) is 5.41 Å². The van der Waals surface area contributed by atoms with Gasteiger partial charge in [0.2, 0.25) is 5.91 Å². The van der Waals surface area contributed by atoms with Gasteiger partial charge in [0.1, 0.15) is 0 Å². The molecule has 90 valence electrons. The molecular weight excluding hydrogens is 206 g/mol. The molecule has 0 bridgehead atoms. The molecule has 1 N–H and O–H groups in total. The highest BCUT2D eigenvalue weighted by atomic mass is 16.4. The summed E-state index contributed by atoms with van der Waals surface area (Å²) in [4.78, 5) is 24.3. The number of hydrogen-bond acceptors (Lipinski definition) is 2. The number of carbonyl (C=O) groups excluding carboxylic acids is 1. The molecule has 0 saturated carbocycles. The van der Waals surface area contributed by atoms with Crippen LogP contribution in [0.25, 0.3) is 0 Å². The minimum Gasteiger partial charge on any atom is -0.481 e. The Bertz CT molecular complexity index is 300. The fourth-order valence-electron chi connectivity index (χ4n) is 1.53. The van der Waals surface area contributed by atoms with Crippen LogP contribution in [0.5, 0.6) is 0 Å². The van der Waals surface area contributed by atoms with Crippen molar-refractivity contribution in [3.05, 3.63) is 0 Å². The summed E-state index contributed by atoms with van der Waals surface area (Å²) in [5.41, 5.74) is -0.958. The lowest BCUT2D eigenvalue weighted by molar-refractivity contribution is -0.153. The summed E-state index contributed by atoms with van der Waals surface area (Å²) in [5.74, 6) is 1.22. The molecule has 4 heteroatoms. The van der Waals surface area contributed by atoms with E-state index < -0.39 is 11.4 Å². The molecular formula is C12H19NO3. The summed E-state index contributed by atoms with van der Waals surface area (Å²) in [6.45, 7) is 3.78.